The van der Waals surface area contributed by atoms with Crippen LogP contribution >= 0.6 is 0 Å². The number of hydrogen-bond donors (Lipinski definition) is 1. The van der Waals surface area contributed by atoms with Crippen LogP contribution in [0.1, 0.15) is 24.2 Å². The van der Waals surface area contributed by atoms with E-state index in [2.05, 4.69) is 5.16 Å². The molecule has 0 radical (unpaired) electrons. The number of aromatic nitrogens is 1. The van der Waals surface area contributed by atoms with E-state index in [4.69, 9.17) is 9.63 Å². The first-order valence-electron chi connectivity index (χ1n) is 5.37. The lowest BCUT2D eigenvalue weighted by Crippen LogP contribution is -2.26. The van der Waals surface area contributed by atoms with Crippen molar-refractivity contribution < 1.29 is 14.4 Å². The number of carboxylic acids is 1. The van der Waals surface area contributed by atoms with Crippen molar-refractivity contribution in [1.29, 1.82) is 0 Å². The fraction of sp³-hybridized carbons (Fsp3) is 0.333. The number of aromatic carboxylic acids is 1. The summed E-state index contributed by atoms with van der Waals surface area (Å²) in [4.78, 5) is 13.1. The van der Waals surface area contributed by atoms with Gasteiger partial charge in [0.15, 0.2) is 11.4 Å². The van der Waals surface area contributed by atoms with E-state index in [0.717, 1.165) is 0 Å². The molecule has 5 nitrogen and oxygen atoms in total. The molecule has 0 atom stereocenters. The minimum Gasteiger partial charge on any atom is -0.478 e. The molecular weight excluding hydrogens is 220 g/mol. The Labute approximate surface area is 98.6 Å². The van der Waals surface area contributed by atoms with Gasteiger partial charge in [-0.3, -0.25) is 0 Å². The van der Waals surface area contributed by atoms with Crippen molar-refractivity contribution in [3.63, 3.8) is 0 Å². The van der Waals surface area contributed by atoms with E-state index in [0.29, 0.717) is 16.8 Å². The smallest absolute Gasteiger partial charge is 0.336 e. The summed E-state index contributed by atoms with van der Waals surface area (Å²) in [5, 5.41) is 13.7. The number of fused-ring (bicyclic) bond motifs is 1. The van der Waals surface area contributed by atoms with Crippen LogP contribution in [0.5, 0.6) is 0 Å². The molecule has 0 bridgehead atoms. The third-order valence-electron chi connectivity index (χ3n) is 2.82. The molecule has 5 heteroatoms. The molecule has 1 N–H and O–H groups in total. The fourth-order valence-corrected chi connectivity index (χ4v) is 1.64. The molecule has 0 amide bonds. The van der Waals surface area contributed by atoms with Crippen molar-refractivity contribution in [2.24, 2.45) is 0 Å². The maximum Gasteiger partial charge on any atom is 0.336 e. The van der Waals surface area contributed by atoms with Gasteiger partial charge in [0.2, 0.25) is 0 Å². The van der Waals surface area contributed by atoms with Crippen LogP contribution in [0.4, 0.5) is 5.82 Å². The summed E-state index contributed by atoms with van der Waals surface area (Å²) >= 11 is 0. The van der Waals surface area contributed by atoms with Gasteiger partial charge in [-0.05, 0) is 26.0 Å². The highest BCUT2D eigenvalue weighted by Crippen LogP contribution is 2.29. The number of rotatable bonds is 3. The average Bonchev–Trinajstić information content (AvgIpc) is 2.70. The van der Waals surface area contributed by atoms with Crippen LogP contribution in [0, 0.1) is 0 Å². The Bertz CT molecular complexity index is 560. The van der Waals surface area contributed by atoms with E-state index in [1.807, 2.05) is 25.8 Å². The molecule has 1 aromatic heterocycles. The van der Waals surface area contributed by atoms with Crippen molar-refractivity contribution in [2.75, 3.05) is 11.9 Å². The molecule has 2 aromatic rings. The highest BCUT2D eigenvalue weighted by Gasteiger charge is 2.20. The molecule has 0 spiro atoms. The minimum atomic E-state index is -0.975. The van der Waals surface area contributed by atoms with Crippen LogP contribution in [0.25, 0.3) is 11.0 Å². The molecule has 0 aliphatic rings. The second kappa shape index (κ2) is 4.08. The number of hydrogen-bond acceptors (Lipinski definition) is 4. The topological polar surface area (TPSA) is 66.6 Å². The Kier molecular flexibility index (Phi) is 2.75. The van der Waals surface area contributed by atoms with E-state index in [1.54, 1.807) is 18.2 Å². The molecule has 1 heterocycles. The number of anilines is 1. The highest BCUT2D eigenvalue weighted by atomic mass is 16.5. The normalized spacial score (nSPS) is 11.1. The Morgan fingerprint density at radius 3 is 2.76 bits per heavy atom. The van der Waals surface area contributed by atoms with Crippen LogP contribution in [-0.4, -0.2) is 29.3 Å². The Hall–Kier alpha value is -2.04. The molecule has 1 aromatic carbocycles. The Balaban J connectivity index is 2.69. The van der Waals surface area contributed by atoms with E-state index in [1.165, 1.54) is 0 Å². The van der Waals surface area contributed by atoms with Crippen molar-refractivity contribution in [3.8, 4) is 0 Å². The minimum absolute atomic E-state index is 0.213. The van der Waals surface area contributed by atoms with Crippen molar-refractivity contribution in [2.45, 2.75) is 19.9 Å². The highest BCUT2D eigenvalue weighted by molar-refractivity contribution is 6.06. The molecule has 0 fully saturated rings. The Morgan fingerprint density at radius 1 is 1.47 bits per heavy atom. The lowest BCUT2D eigenvalue weighted by atomic mass is 10.1. The number of nitrogens with zero attached hydrogens (tertiary/aromatic N) is 2. The molecule has 17 heavy (non-hydrogen) atoms. The quantitative estimate of drug-likeness (QED) is 0.883. The summed E-state index contributed by atoms with van der Waals surface area (Å²) in [6.07, 6.45) is 0. The predicted octanol–water partition coefficient (Wildman–Crippen LogP) is 2.37. The van der Waals surface area contributed by atoms with Crippen LogP contribution in [0.15, 0.2) is 22.7 Å². The van der Waals surface area contributed by atoms with Gasteiger partial charge in [-0.25, -0.2) is 4.79 Å². The fourth-order valence-electron chi connectivity index (χ4n) is 1.64. The third-order valence-corrected chi connectivity index (χ3v) is 2.82. The number of benzene rings is 1. The van der Waals surface area contributed by atoms with Gasteiger partial charge in [-0.2, -0.15) is 0 Å². The second-order valence-corrected chi connectivity index (χ2v) is 4.19. The summed E-state index contributed by atoms with van der Waals surface area (Å²) in [5.74, 6) is -0.412. The van der Waals surface area contributed by atoms with Gasteiger partial charge < -0.3 is 14.5 Å². The van der Waals surface area contributed by atoms with Gasteiger partial charge in [-0.15, -0.1) is 0 Å². The summed E-state index contributed by atoms with van der Waals surface area (Å²) in [6.45, 7) is 4.01. The van der Waals surface area contributed by atoms with Gasteiger partial charge >= 0.3 is 5.97 Å². The summed E-state index contributed by atoms with van der Waals surface area (Å²) in [6, 6.07) is 5.13. The molecule has 0 saturated carbocycles. The summed E-state index contributed by atoms with van der Waals surface area (Å²) < 4.78 is 5.16. The molecule has 0 unspecified atom stereocenters. The predicted molar refractivity (Wildman–Crippen MR) is 64.5 cm³/mol. The third kappa shape index (κ3) is 1.84. The van der Waals surface area contributed by atoms with E-state index in [-0.39, 0.29) is 11.6 Å². The summed E-state index contributed by atoms with van der Waals surface area (Å²) in [7, 11) is 1.86. The van der Waals surface area contributed by atoms with Crippen LogP contribution < -0.4 is 4.90 Å². The van der Waals surface area contributed by atoms with Crippen LogP contribution in [0.3, 0.4) is 0 Å². The lowest BCUT2D eigenvalue weighted by molar-refractivity contribution is 0.0699. The van der Waals surface area contributed by atoms with Gasteiger partial charge in [0.25, 0.3) is 0 Å². The van der Waals surface area contributed by atoms with Crippen molar-refractivity contribution >= 4 is 22.8 Å². The molecular formula is C12H14N2O3. The zero-order valence-corrected chi connectivity index (χ0v) is 9.97. The van der Waals surface area contributed by atoms with Gasteiger partial charge in [0, 0.05) is 13.1 Å². The first-order valence-corrected chi connectivity index (χ1v) is 5.37. The monoisotopic (exact) mass is 234 g/mol. The molecule has 90 valence electrons. The standard InChI is InChI=1S/C12H14N2O3/c1-7(2)14(3)11-10-8(12(15)16)5-4-6-9(10)17-13-11/h4-7H,1-3H3,(H,15,16). The molecule has 0 saturated heterocycles. The zero-order chi connectivity index (χ0) is 12.6. The lowest BCUT2D eigenvalue weighted by Gasteiger charge is -2.20. The van der Waals surface area contributed by atoms with E-state index >= 15 is 0 Å². The summed E-state index contributed by atoms with van der Waals surface area (Å²) in [5.41, 5.74) is 0.707. The van der Waals surface area contributed by atoms with E-state index < -0.39 is 5.97 Å². The molecule has 0 aliphatic heterocycles. The molecule has 2 rings (SSSR count). The van der Waals surface area contributed by atoms with Gasteiger partial charge in [0.05, 0.1) is 10.9 Å². The second-order valence-electron chi connectivity index (χ2n) is 4.19. The maximum atomic E-state index is 11.2. The first kappa shape index (κ1) is 11.4. The first-order chi connectivity index (χ1) is 8.02. The Morgan fingerprint density at radius 2 is 2.18 bits per heavy atom. The van der Waals surface area contributed by atoms with Gasteiger partial charge in [0.1, 0.15) is 0 Å². The largest absolute Gasteiger partial charge is 0.478 e. The maximum absolute atomic E-state index is 11.2. The molecule has 0 aliphatic carbocycles. The van der Waals surface area contributed by atoms with Crippen LogP contribution in [-0.2, 0) is 0 Å². The van der Waals surface area contributed by atoms with Crippen molar-refractivity contribution in [3.05, 3.63) is 23.8 Å². The van der Waals surface area contributed by atoms with Crippen molar-refractivity contribution in [1.82, 2.24) is 5.16 Å². The average molecular weight is 234 g/mol. The van der Waals surface area contributed by atoms with E-state index in [9.17, 15) is 4.79 Å². The van der Waals surface area contributed by atoms with Crippen LogP contribution in [0.2, 0.25) is 0 Å². The number of carbonyl (C=O) groups is 1. The SMILES string of the molecule is CC(C)N(C)c1noc2cccc(C(=O)O)c12. The zero-order valence-electron chi connectivity index (χ0n) is 9.97. The number of carboxylic acid groups (broad SMARTS) is 1. The van der Waals surface area contributed by atoms with Gasteiger partial charge in [-0.1, -0.05) is 11.2 Å².